The lowest BCUT2D eigenvalue weighted by atomic mass is 10.1. The molecule has 0 heterocycles. The van der Waals surface area contributed by atoms with Crippen molar-refractivity contribution in [2.45, 2.75) is 180 Å². The SMILES string of the molecule is CCCCCCCC/C=C\CCCCCCCCCC(=O)O[C@H](COC(=O)CCC/C=C\C/C=C\C/C=C\C=C\C(=O)CCCCC)COP(=O)(O)OCCN. The van der Waals surface area contributed by atoms with Gasteiger partial charge in [-0.2, -0.15) is 0 Å². The van der Waals surface area contributed by atoms with Crippen molar-refractivity contribution in [2.75, 3.05) is 26.4 Å². The van der Waals surface area contributed by atoms with Crippen molar-refractivity contribution in [3.8, 4) is 0 Å². The highest BCUT2D eigenvalue weighted by atomic mass is 31.2. The smallest absolute Gasteiger partial charge is 0.462 e. The van der Waals surface area contributed by atoms with Gasteiger partial charge in [-0.1, -0.05) is 146 Å². The van der Waals surface area contributed by atoms with E-state index in [-0.39, 0.29) is 38.4 Å². The van der Waals surface area contributed by atoms with E-state index in [9.17, 15) is 23.8 Å². The fraction of sp³-hybridized carbons (Fsp3) is 0.711. The van der Waals surface area contributed by atoms with Gasteiger partial charge in [-0.25, -0.2) is 4.57 Å². The molecule has 56 heavy (non-hydrogen) atoms. The van der Waals surface area contributed by atoms with Crippen LogP contribution in [0.5, 0.6) is 0 Å². The Kier molecular flexibility index (Phi) is 38.7. The number of allylic oxidation sites excluding steroid dienone is 10. The average molecular weight is 808 g/mol. The zero-order chi connectivity index (χ0) is 41.2. The Morgan fingerprint density at radius 1 is 0.589 bits per heavy atom. The van der Waals surface area contributed by atoms with Gasteiger partial charge in [-0.05, 0) is 70.3 Å². The van der Waals surface area contributed by atoms with Crippen molar-refractivity contribution in [2.24, 2.45) is 5.73 Å². The summed E-state index contributed by atoms with van der Waals surface area (Å²) in [5, 5.41) is 0. The van der Waals surface area contributed by atoms with Gasteiger partial charge in [0.1, 0.15) is 6.61 Å². The van der Waals surface area contributed by atoms with E-state index in [0.717, 1.165) is 57.8 Å². The van der Waals surface area contributed by atoms with Crippen molar-refractivity contribution in [3.63, 3.8) is 0 Å². The van der Waals surface area contributed by atoms with Gasteiger partial charge in [0, 0.05) is 25.8 Å². The Bertz CT molecular complexity index is 1160. The van der Waals surface area contributed by atoms with Gasteiger partial charge in [-0.3, -0.25) is 23.4 Å². The van der Waals surface area contributed by atoms with E-state index < -0.39 is 32.5 Å². The molecule has 0 aliphatic rings. The zero-order valence-corrected chi connectivity index (χ0v) is 36.0. The summed E-state index contributed by atoms with van der Waals surface area (Å²) in [6.45, 7) is 3.47. The lowest BCUT2D eigenvalue weighted by Gasteiger charge is -2.19. The third-order valence-electron chi connectivity index (χ3n) is 8.85. The normalized spacial score (nSPS) is 13.8. The van der Waals surface area contributed by atoms with E-state index in [1.807, 2.05) is 24.3 Å². The van der Waals surface area contributed by atoms with Crippen molar-refractivity contribution in [1.29, 1.82) is 0 Å². The highest BCUT2D eigenvalue weighted by molar-refractivity contribution is 7.47. The lowest BCUT2D eigenvalue weighted by molar-refractivity contribution is -0.161. The van der Waals surface area contributed by atoms with E-state index in [4.69, 9.17) is 24.3 Å². The van der Waals surface area contributed by atoms with Gasteiger partial charge in [0.2, 0.25) is 0 Å². The summed E-state index contributed by atoms with van der Waals surface area (Å²) in [5.41, 5.74) is 5.34. The van der Waals surface area contributed by atoms with Crippen LogP contribution in [0.25, 0.3) is 0 Å². The van der Waals surface area contributed by atoms with Crippen LogP contribution in [0.1, 0.15) is 174 Å². The van der Waals surface area contributed by atoms with Crippen LogP contribution in [0, 0.1) is 0 Å². The largest absolute Gasteiger partial charge is 0.472 e. The molecule has 0 radical (unpaired) electrons. The van der Waals surface area contributed by atoms with E-state index in [1.165, 1.54) is 64.2 Å². The number of unbranched alkanes of at least 4 members (excludes halogenated alkanes) is 16. The third kappa shape index (κ3) is 39.6. The van der Waals surface area contributed by atoms with Crippen molar-refractivity contribution in [1.82, 2.24) is 0 Å². The van der Waals surface area contributed by atoms with Gasteiger partial charge in [0.05, 0.1) is 13.2 Å². The lowest BCUT2D eigenvalue weighted by Crippen LogP contribution is -2.29. The van der Waals surface area contributed by atoms with Crippen LogP contribution in [0.4, 0.5) is 0 Å². The summed E-state index contributed by atoms with van der Waals surface area (Å²) in [7, 11) is -4.40. The van der Waals surface area contributed by atoms with Crippen LogP contribution in [0.15, 0.2) is 60.8 Å². The fourth-order valence-electron chi connectivity index (χ4n) is 5.58. The molecule has 0 aromatic carbocycles. The number of hydrogen-bond donors (Lipinski definition) is 2. The second-order valence-electron chi connectivity index (χ2n) is 14.2. The Balaban J connectivity index is 4.30. The standard InChI is InChI=1S/C45H78NO9P/c1-3-5-7-8-9-10-11-12-13-14-15-16-19-23-26-29-33-37-45(49)55-43(41-54-56(50,51)53-39-38-46)40-52-44(48)36-32-28-25-22-20-17-18-21-24-27-31-35-42(47)34-30-6-4-2/h12-13,17-18,22,24-25,27,31,35,43H,3-11,14-16,19-21,23,26,28-30,32-34,36-41,46H2,1-2H3,(H,50,51)/b13-12-,18-17-,25-22-,27-24-,35-31+/t43-/m1/s1. The predicted octanol–water partition coefficient (Wildman–Crippen LogP) is 11.7. The maximum atomic E-state index is 12.6. The Labute approximate surface area is 340 Å². The van der Waals surface area contributed by atoms with Crippen LogP contribution in [0.3, 0.4) is 0 Å². The van der Waals surface area contributed by atoms with Crippen LogP contribution in [-0.4, -0.2) is 55.1 Å². The Morgan fingerprint density at radius 3 is 1.77 bits per heavy atom. The number of esters is 2. The number of nitrogens with two attached hydrogens (primary N) is 1. The van der Waals surface area contributed by atoms with E-state index in [1.54, 1.807) is 12.2 Å². The number of phosphoric ester groups is 1. The van der Waals surface area contributed by atoms with Crippen molar-refractivity contribution >= 4 is 25.5 Å². The van der Waals surface area contributed by atoms with Gasteiger partial charge in [0.25, 0.3) is 0 Å². The molecule has 0 aliphatic heterocycles. The second kappa shape index (κ2) is 40.6. The van der Waals surface area contributed by atoms with E-state index in [0.29, 0.717) is 25.7 Å². The minimum absolute atomic E-state index is 0.0341. The molecule has 0 aromatic heterocycles. The Hall–Kier alpha value is -2.62. The second-order valence-corrected chi connectivity index (χ2v) is 15.7. The highest BCUT2D eigenvalue weighted by Gasteiger charge is 2.26. The molecule has 0 amide bonds. The molecule has 0 spiro atoms. The van der Waals surface area contributed by atoms with Crippen LogP contribution < -0.4 is 5.73 Å². The summed E-state index contributed by atoms with van der Waals surface area (Å²) in [5.74, 6) is -0.768. The molecule has 10 nitrogen and oxygen atoms in total. The quantitative estimate of drug-likeness (QED) is 0.0153. The topological polar surface area (TPSA) is 151 Å². The van der Waals surface area contributed by atoms with E-state index in [2.05, 4.69) is 38.2 Å². The molecule has 2 atom stereocenters. The fourth-order valence-corrected chi connectivity index (χ4v) is 6.34. The minimum atomic E-state index is -4.40. The van der Waals surface area contributed by atoms with Crippen LogP contribution in [0.2, 0.25) is 0 Å². The molecule has 0 aromatic rings. The molecule has 0 bridgehead atoms. The van der Waals surface area contributed by atoms with Gasteiger partial charge < -0.3 is 20.1 Å². The Morgan fingerprint density at radius 2 is 1.11 bits per heavy atom. The summed E-state index contributed by atoms with van der Waals surface area (Å²) in [6, 6.07) is 0. The summed E-state index contributed by atoms with van der Waals surface area (Å²) < 4.78 is 32.7. The van der Waals surface area contributed by atoms with Crippen LogP contribution in [-0.2, 0) is 37.5 Å². The number of carbonyl (C=O) groups is 3. The first-order valence-corrected chi connectivity index (χ1v) is 23.2. The number of rotatable bonds is 40. The average Bonchev–Trinajstić information content (AvgIpc) is 3.18. The number of ether oxygens (including phenoxy) is 2. The maximum Gasteiger partial charge on any atom is 0.472 e. The third-order valence-corrected chi connectivity index (χ3v) is 9.84. The first-order valence-electron chi connectivity index (χ1n) is 21.7. The number of carbonyl (C=O) groups excluding carboxylic acids is 3. The van der Waals surface area contributed by atoms with Gasteiger partial charge in [0.15, 0.2) is 11.9 Å². The molecule has 0 saturated carbocycles. The first-order chi connectivity index (χ1) is 27.2. The monoisotopic (exact) mass is 808 g/mol. The summed E-state index contributed by atoms with van der Waals surface area (Å²) in [4.78, 5) is 46.5. The van der Waals surface area contributed by atoms with Crippen LogP contribution >= 0.6 is 7.82 Å². The molecule has 0 fully saturated rings. The molecule has 0 rings (SSSR count). The number of phosphoric acid groups is 1. The molecule has 322 valence electrons. The van der Waals surface area contributed by atoms with Gasteiger partial charge >= 0.3 is 19.8 Å². The number of hydrogen-bond acceptors (Lipinski definition) is 9. The molecule has 1 unspecified atom stereocenters. The molecule has 0 aliphatic carbocycles. The van der Waals surface area contributed by atoms with Crippen molar-refractivity contribution in [3.05, 3.63) is 60.8 Å². The molecular weight excluding hydrogens is 729 g/mol. The first kappa shape index (κ1) is 53.4. The van der Waals surface area contributed by atoms with E-state index >= 15 is 0 Å². The molecular formula is C45H78NO9P. The molecule has 0 saturated heterocycles. The zero-order valence-electron chi connectivity index (χ0n) is 35.1. The maximum absolute atomic E-state index is 12.6. The number of ketones is 1. The summed E-state index contributed by atoms with van der Waals surface area (Å²) >= 11 is 0. The minimum Gasteiger partial charge on any atom is -0.462 e. The summed E-state index contributed by atoms with van der Waals surface area (Å²) in [6.07, 6.45) is 43.8. The van der Waals surface area contributed by atoms with Gasteiger partial charge in [-0.15, -0.1) is 0 Å². The van der Waals surface area contributed by atoms with Crippen molar-refractivity contribution < 1.29 is 42.4 Å². The molecule has 3 N–H and O–H groups in total. The highest BCUT2D eigenvalue weighted by Crippen LogP contribution is 2.43. The predicted molar refractivity (Wildman–Crippen MR) is 229 cm³/mol. The molecule has 11 heteroatoms.